The Morgan fingerprint density at radius 3 is 2.63 bits per heavy atom. The predicted molar refractivity (Wildman–Crippen MR) is 107 cm³/mol. The molecule has 0 spiro atoms. The Labute approximate surface area is 161 Å². The SMILES string of the molecule is O=C(CC1SC(=Nc2ccc(O)cc2)NC1=O)c1ccc2c(c1)CCCC2. The number of nitrogens with one attached hydrogen (secondary N) is 1. The first-order chi connectivity index (χ1) is 13.1. The lowest BCUT2D eigenvalue weighted by molar-refractivity contribution is -0.118. The van der Waals surface area contributed by atoms with E-state index in [-0.39, 0.29) is 23.9 Å². The Kier molecular flexibility index (Phi) is 4.99. The van der Waals surface area contributed by atoms with Crippen LogP contribution in [0.4, 0.5) is 5.69 Å². The number of hydrogen-bond acceptors (Lipinski definition) is 5. The topological polar surface area (TPSA) is 78.8 Å². The van der Waals surface area contributed by atoms with Gasteiger partial charge >= 0.3 is 0 Å². The number of amidine groups is 1. The lowest BCUT2D eigenvalue weighted by Crippen LogP contribution is -2.26. The minimum Gasteiger partial charge on any atom is -0.508 e. The molecule has 1 unspecified atom stereocenters. The molecule has 1 aliphatic heterocycles. The zero-order valence-corrected chi connectivity index (χ0v) is 15.6. The summed E-state index contributed by atoms with van der Waals surface area (Å²) in [7, 11) is 0. The number of phenolic OH excluding ortho intramolecular Hbond substituents is 1. The van der Waals surface area contributed by atoms with Crippen molar-refractivity contribution in [3.63, 3.8) is 0 Å². The fraction of sp³-hybridized carbons (Fsp3) is 0.286. The maximum atomic E-state index is 12.7. The molecular formula is C21H20N2O3S. The van der Waals surface area contributed by atoms with Crippen molar-refractivity contribution in [2.45, 2.75) is 37.4 Å². The Morgan fingerprint density at radius 2 is 1.85 bits per heavy atom. The van der Waals surface area contributed by atoms with Crippen LogP contribution in [0.2, 0.25) is 0 Å². The van der Waals surface area contributed by atoms with Gasteiger partial charge in [-0.3, -0.25) is 9.59 Å². The number of aliphatic imine (C=N–C) groups is 1. The van der Waals surface area contributed by atoms with Crippen LogP contribution >= 0.6 is 11.8 Å². The van der Waals surface area contributed by atoms with E-state index in [0.717, 1.165) is 12.8 Å². The van der Waals surface area contributed by atoms with E-state index in [4.69, 9.17) is 0 Å². The van der Waals surface area contributed by atoms with Crippen LogP contribution in [0.15, 0.2) is 47.5 Å². The van der Waals surface area contributed by atoms with Crippen molar-refractivity contribution in [1.82, 2.24) is 5.32 Å². The van der Waals surface area contributed by atoms with Gasteiger partial charge in [0.15, 0.2) is 11.0 Å². The molecule has 2 aliphatic rings. The van der Waals surface area contributed by atoms with Gasteiger partial charge in [0.05, 0.1) is 10.9 Å². The molecule has 0 aromatic heterocycles. The number of rotatable bonds is 4. The number of hydrogen-bond donors (Lipinski definition) is 2. The number of benzene rings is 2. The number of aromatic hydroxyl groups is 1. The summed E-state index contributed by atoms with van der Waals surface area (Å²) in [6.07, 6.45) is 4.65. The summed E-state index contributed by atoms with van der Waals surface area (Å²) >= 11 is 1.28. The van der Waals surface area contributed by atoms with Crippen LogP contribution in [-0.2, 0) is 17.6 Å². The van der Waals surface area contributed by atoms with Crippen LogP contribution in [0.25, 0.3) is 0 Å². The third-order valence-corrected chi connectivity index (χ3v) is 5.98. The van der Waals surface area contributed by atoms with Gasteiger partial charge in [-0.25, -0.2) is 4.99 Å². The molecule has 1 saturated heterocycles. The van der Waals surface area contributed by atoms with Crippen molar-refractivity contribution < 1.29 is 14.7 Å². The molecule has 27 heavy (non-hydrogen) atoms. The van der Waals surface area contributed by atoms with Crippen LogP contribution in [0, 0.1) is 0 Å². The highest BCUT2D eigenvalue weighted by atomic mass is 32.2. The smallest absolute Gasteiger partial charge is 0.240 e. The molecule has 1 fully saturated rings. The molecular weight excluding hydrogens is 360 g/mol. The average Bonchev–Trinajstić information content (AvgIpc) is 3.02. The lowest BCUT2D eigenvalue weighted by Gasteiger charge is -2.16. The van der Waals surface area contributed by atoms with E-state index in [2.05, 4.69) is 16.4 Å². The van der Waals surface area contributed by atoms with Crippen LogP contribution in [0.1, 0.15) is 40.7 Å². The van der Waals surface area contributed by atoms with Crippen molar-refractivity contribution in [1.29, 1.82) is 0 Å². The molecule has 0 radical (unpaired) electrons. The number of thioether (sulfide) groups is 1. The minimum atomic E-state index is -0.468. The maximum absolute atomic E-state index is 12.7. The van der Waals surface area contributed by atoms with Crippen LogP contribution < -0.4 is 5.32 Å². The molecule has 138 valence electrons. The van der Waals surface area contributed by atoms with Gasteiger partial charge in [0.25, 0.3) is 0 Å². The number of phenols is 1. The van der Waals surface area contributed by atoms with Gasteiger partial charge in [0.1, 0.15) is 5.75 Å². The summed E-state index contributed by atoms with van der Waals surface area (Å²) in [5, 5.41) is 12.1. The summed E-state index contributed by atoms with van der Waals surface area (Å²) in [4.78, 5) is 29.3. The molecule has 0 saturated carbocycles. The number of amides is 1. The zero-order valence-electron chi connectivity index (χ0n) is 14.8. The minimum absolute atomic E-state index is 0.0121. The second-order valence-corrected chi connectivity index (χ2v) is 8.04. The maximum Gasteiger partial charge on any atom is 0.240 e. The largest absolute Gasteiger partial charge is 0.508 e. The number of Topliss-reactive ketones (excluding diaryl/α,β-unsaturated/α-hetero) is 1. The van der Waals surface area contributed by atoms with Crippen LogP contribution in [0.5, 0.6) is 5.75 Å². The summed E-state index contributed by atoms with van der Waals surface area (Å²) in [5.41, 5.74) is 3.93. The Morgan fingerprint density at radius 1 is 1.11 bits per heavy atom. The molecule has 1 atom stereocenters. The predicted octanol–water partition coefficient (Wildman–Crippen LogP) is 3.76. The van der Waals surface area contributed by atoms with Gasteiger partial charge in [0.2, 0.25) is 5.91 Å². The molecule has 2 aromatic carbocycles. The number of nitrogens with zero attached hydrogens (tertiary/aromatic N) is 1. The molecule has 5 nitrogen and oxygen atoms in total. The molecule has 4 rings (SSSR count). The van der Waals surface area contributed by atoms with Gasteiger partial charge in [-0.15, -0.1) is 0 Å². The molecule has 0 bridgehead atoms. The Balaban J connectivity index is 1.44. The van der Waals surface area contributed by atoms with Crippen molar-refractivity contribution in [3.05, 3.63) is 59.2 Å². The fourth-order valence-corrected chi connectivity index (χ4v) is 4.42. The summed E-state index contributed by atoms with van der Waals surface area (Å²) in [6, 6.07) is 12.4. The third-order valence-electron chi connectivity index (χ3n) is 4.90. The summed E-state index contributed by atoms with van der Waals surface area (Å²) in [6.45, 7) is 0. The summed E-state index contributed by atoms with van der Waals surface area (Å²) < 4.78 is 0. The van der Waals surface area contributed by atoms with E-state index < -0.39 is 5.25 Å². The van der Waals surface area contributed by atoms with E-state index >= 15 is 0 Å². The van der Waals surface area contributed by atoms with Gasteiger partial charge < -0.3 is 10.4 Å². The number of ketones is 1. The number of carbonyl (C=O) groups excluding carboxylic acids is 2. The highest BCUT2D eigenvalue weighted by Gasteiger charge is 2.32. The van der Waals surface area contributed by atoms with Gasteiger partial charge in [-0.05, 0) is 67.1 Å². The van der Waals surface area contributed by atoms with E-state index in [9.17, 15) is 14.7 Å². The molecule has 2 aromatic rings. The van der Waals surface area contributed by atoms with Crippen LogP contribution in [-0.4, -0.2) is 27.2 Å². The van der Waals surface area contributed by atoms with E-state index in [0.29, 0.717) is 16.4 Å². The van der Waals surface area contributed by atoms with Crippen molar-refractivity contribution in [2.24, 2.45) is 4.99 Å². The first-order valence-corrected chi connectivity index (χ1v) is 9.97. The fourth-order valence-electron chi connectivity index (χ4n) is 3.43. The zero-order chi connectivity index (χ0) is 18.8. The summed E-state index contributed by atoms with van der Waals surface area (Å²) in [5.74, 6) is -0.0404. The molecule has 6 heteroatoms. The van der Waals surface area contributed by atoms with Crippen molar-refractivity contribution >= 4 is 34.3 Å². The van der Waals surface area contributed by atoms with E-state index in [1.54, 1.807) is 12.1 Å². The first kappa shape index (κ1) is 17.8. The van der Waals surface area contributed by atoms with Crippen molar-refractivity contribution in [3.8, 4) is 5.75 Å². The van der Waals surface area contributed by atoms with Crippen molar-refractivity contribution in [2.75, 3.05) is 0 Å². The normalized spacial score (nSPS) is 20.4. The second-order valence-electron chi connectivity index (χ2n) is 6.85. The van der Waals surface area contributed by atoms with Gasteiger partial charge in [-0.1, -0.05) is 23.9 Å². The molecule has 1 aliphatic carbocycles. The van der Waals surface area contributed by atoms with E-state index in [1.807, 2.05) is 12.1 Å². The third kappa shape index (κ3) is 4.06. The number of fused-ring (bicyclic) bond motifs is 1. The van der Waals surface area contributed by atoms with Crippen LogP contribution in [0.3, 0.4) is 0 Å². The molecule has 1 heterocycles. The average molecular weight is 380 g/mol. The number of aryl methyl sites for hydroxylation is 2. The second kappa shape index (κ2) is 7.56. The highest BCUT2D eigenvalue weighted by molar-refractivity contribution is 8.15. The Hall–Kier alpha value is -2.60. The standard InChI is InChI=1S/C21H20N2O3S/c24-17-9-7-16(8-10-17)22-21-23-20(26)19(27-21)12-18(25)15-6-5-13-3-1-2-4-14(13)11-15/h5-11,19,24H,1-4,12H2,(H,22,23,26). The lowest BCUT2D eigenvalue weighted by atomic mass is 9.89. The quantitative estimate of drug-likeness (QED) is 0.792. The van der Waals surface area contributed by atoms with Gasteiger partial charge in [-0.2, -0.15) is 0 Å². The molecule has 2 N–H and O–H groups in total. The number of carbonyl (C=O) groups is 2. The van der Waals surface area contributed by atoms with Gasteiger partial charge in [0, 0.05) is 12.0 Å². The Bertz CT molecular complexity index is 922. The molecule has 1 amide bonds. The van der Waals surface area contributed by atoms with E-state index in [1.165, 1.54) is 47.9 Å². The highest BCUT2D eigenvalue weighted by Crippen LogP contribution is 2.28. The monoisotopic (exact) mass is 380 g/mol. The first-order valence-electron chi connectivity index (χ1n) is 9.09.